The van der Waals surface area contributed by atoms with Gasteiger partial charge in [-0.3, -0.25) is 4.79 Å². The van der Waals surface area contributed by atoms with Crippen LogP contribution in [0.3, 0.4) is 0 Å². The molecule has 6 rings (SSSR count). The second kappa shape index (κ2) is 25.3. The van der Waals surface area contributed by atoms with Crippen LogP contribution in [0.4, 0.5) is 60.8 Å². The molecule has 16 nitrogen and oxygen atoms in total. The van der Waals surface area contributed by atoms with Gasteiger partial charge in [0, 0.05) is 35.5 Å². The molecule has 66 heavy (non-hydrogen) atoms. The fourth-order valence-electron chi connectivity index (χ4n) is 5.25. The summed E-state index contributed by atoms with van der Waals surface area (Å²) in [6, 6.07) is 29.3. The number of aromatic nitrogens is 4. The first-order valence-corrected chi connectivity index (χ1v) is 19.4. The van der Waals surface area contributed by atoms with E-state index in [2.05, 4.69) is 59.7 Å². The number of nitrogens with one attached hydrogen (secondary N) is 5. The number of hydrogen-bond acceptors (Lipinski definition) is 15. The fourth-order valence-corrected chi connectivity index (χ4v) is 5.25. The van der Waals surface area contributed by atoms with Crippen LogP contribution >= 0.6 is 0 Å². The Kier molecular flexibility index (Phi) is 20.1. The number of methoxy groups -OCH3 is 1. The summed E-state index contributed by atoms with van der Waals surface area (Å²) in [4.78, 5) is 27.8. The molecule has 7 N–H and O–H groups in total. The summed E-state index contributed by atoms with van der Waals surface area (Å²) in [6.45, 7) is 11.4. The molecule has 0 saturated carbocycles. The van der Waals surface area contributed by atoms with E-state index in [4.69, 9.17) is 19.5 Å². The summed E-state index contributed by atoms with van der Waals surface area (Å²) >= 11 is 0. The number of rotatable bonds is 19. The lowest BCUT2D eigenvalue weighted by atomic mass is 10.0. The number of aliphatic hydroxyl groups is 2. The van der Waals surface area contributed by atoms with E-state index in [0.717, 1.165) is 18.5 Å². The molecule has 0 radical (unpaired) electrons. The number of carbonyl (C=O) groups excluding carboxylic acids is 1. The quantitative estimate of drug-likeness (QED) is 0.0228. The molecule has 0 saturated heterocycles. The van der Waals surface area contributed by atoms with Crippen LogP contribution in [0.5, 0.6) is 11.5 Å². The van der Waals surface area contributed by atoms with Gasteiger partial charge in [-0.25, -0.2) is 18.7 Å². The van der Waals surface area contributed by atoms with Crippen molar-refractivity contribution in [2.24, 2.45) is 0 Å². The van der Waals surface area contributed by atoms with Crippen LogP contribution in [0.25, 0.3) is 0 Å². The molecular weight excluding hydrogens is 851 g/mol. The van der Waals surface area contributed by atoms with Crippen molar-refractivity contribution >= 4 is 57.9 Å². The molecule has 6 aromatic rings. The SMILES string of the molecule is C.C.C=C(C#N)C(O)c1cccc(Nc2nc(Nc3ccc(OCCOC)cc3)ncc2F)c1.C=CC(=O)Nc1cccc(Nc2nc(Nc3ccc(OCC(C)(C)O)cc3)ncc2F)c1. The zero-order valence-corrected chi connectivity index (χ0v) is 35.1. The Labute approximate surface area is 383 Å². The topological polar surface area (TPSA) is 221 Å². The van der Waals surface area contributed by atoms with Crippen molar-refractivity contribution in [2.45, 2.75) is 40.4 Å². The molecule has 1 atom stereocenters. The Hall–Kier alpha value is -7.98. The highest BCUT2D eigenvalue weighted by Crippen LogP contribution is 2.27. The number of halogens is 2. The monoisotopic (exact) mass is 904 g/mol. The lowest BCUT2D eigenvalue weighted by Crippen LogP contribution is -2.27. The normalized spacial score (nSPS) is 10.8. The fraction of sp³-hybridized carbons (Fsp3) is 0.208. The van der Waals surface area contributed by atoms with Crippen molar-refractivity contribution in [1.82, 2.24) is 19.9 Å². The smallest absolute Gasteiger partial charge is 0.247 e. The average molecular weight is 905 g/mol. The van der Waals surface area contributed by atoms with Crippen molar-refractivity contribution in [3.8, 4) is 17.6 Å². The van der Waals surface area contributed by atoms with Gasteiger partial charge in [-0.05, 0) is 104 Å². The zero-order valence-electron chi connectivity index (χ0n) is 35.1. The van der Waals surface area contributed by atoms with E-state index in [-0.39, 0.29) is 56.5 Å². The third-order valence-electron chi connectivity index (χ3n) is 8.37. The summed E-state index contributed by atoms with van der Waals surface area (Å²) < 4.78 is 44.5. The number of amides is 1. The molecule has 346 valence electrons. The number of carbonyl (C=O) groups is 1. The van der Waals surface area contributed by atoms with Crippen molar-refractivity contribution < 1.29 is 38.0 Å². The molecular formula is C48H54F2N10O6. The molecule has 0 spiro atoms. The molecule has 4 aromatic carbocycles. The van der Waals surface area contributed by atoms with Crippen LogP contribution < -0.4 is 36.1 Å². The van der Waals surface area contributed by atoms with Crippen molar-refractivity contribution in [1.29, 1.82) is 5.26 Å². The molecule has 0 bridgehead atoms. The van der Waals surface area contributed by atoms with Crippen molar-refractivity contribution in [3.05, 3.63) is 151 Å². The third-order valence-corrected chi connectivity index (χ3v) is 8.37. The van der Waals surface area contributed by atoms with Crippen molar-refractivity contribution in [3.63, 3.8) is 0 Å². The number of aliphatic hydroxyl groups excluding tert-OH is 1. The van der Waals surface area contributed by atoms with E-state index in [1.807, 2.05) is 6.07 Å². The maximum Gasteiger partial charge on any atom is 0.247 e. The van der Waals surface area contributed by atoms with E-state index < -0.39 is 23.3 Å². The average Bonchev–Trinajstić information content (AvgIpc) is 3.28. The standard InChI is InChI=1S/C23H22FN5O3.C23H24FN5O3.2CH4/c1-15(13-25)21(30)16-4-3-5-18(12-16)27-22-20(24)14-26-23(29-22)28-17-6-8-19(9-7-17)32-11-10-31-2;1-4-20(30)26-16-6-5-7-17(12-16)27-21-19(24)13-25-22(29-21)28-15-8-10-18(11-9-15)32-14-23(2,3)31;;/h3-9,12,14,21,30H,1,10-11H2,2H3,(H2,26,27,28,29);4-13,31H,1,14H2,2-3H3,(H,26,30)(H2,25,27,28,29);2*1H4. The minimum absolute atomic E-state index is 0. The number of nitriles is 1. The van der Waals surface area contributed by atoms with Crippen LogP contribution in [0.15, 0.2) is 134 Å². The first-order valence-electron chi connectivity index (χ1n) is 19.4. The highest BCUT2D eigenvalue weighted by atomic mass is 19.1. The molecule has 1 unspecified atom stereocenters. The Balaban J connectivity index is 0.000000340. The van der Waals surface area contributed by atoms with Gasteiger partial charge in [0.05, 0.1) is 36.2 Å². The molecule has 0 aliphatic carbocycles. The van der Waals surface area contributed by atoms with Crippen LogP contribution in [0.1, 0.15) is 40.4 Å². The number of anilines is 9. The van der Waals surface area contributed by atoms with Gasteiger partial charge < -0.3 is 51.0 Å². The van der Waals surface area contributed by atoms with Gasteiger partial charge in [0.15, 0.2) is 23.3 Å². The van der Waals surface area contributed by atoms with Crippen LogP contribution in [0, 0.1) is 23.0 Å². The van der Waals surface area contributed by atoms with Crippen LogP contribution in [0.2, 0.25) is 0 Å². The molecule has 2 aromatic heterocycles. The largest absolute Gasteiger partial charge is 0.491 e. The van der Waals surface area contributed by atoms with Gasteiger partial charge >= 0.3 is 0 Å². The van der Waals surface area contributed by atoms with Crippen LogP contribution in [-0.4, -0.2) is 68.6 Å². The maximum atomic E-state index is 14.3. The predicted molar refractivity (Wildman–Crippen MR) is 254 cm³/mol. The van der Waals surface area contributed by atoms with E-state index in [1.54, 1.807) is 118 Å². The molecule has 0 fully saturated rings. The summed E-state index contributed by atoms with van der Waals surface area (Å²) in [7, 11) is 1.61. The summed E-state index contributed by atoms with van der Waals surface area (Å²) in [5, 5.41) is 43.2. The number of hydrogen-bond donors (Lipinski definition) is 7. The Morgan fingerprint density at radius 2 is 1.27 bits per heavy atom. The van der Waals surface area contributed by atoms with Gasteiger partial charge in [0.2, 0.25) is 17.8 Å². The lowest BCUT2D eigenvalue weighted by Gasteiger charge is -2.17. The van der Waals surface area contributed by atoms with Gasteiger partial charge in [-0.1, -0.05) is 46.2 Å². The first-order chi connectivity index (χ1) is 30.7. The Morgan fingerprint density at radius 3 is 1.77 bits per heavy atom. The second-order valence-electron chi connectivity index (χ2n) is 14.2. The van der Waals surface area contributed by atoms with E-state index in [9.17, 15) is 23.8 Å². The van der Waals surface area contributed by atoms with Gasteiger partial charge in [-0.15, -0.1) is 0 Å². The van der Waals surface area contributed by atoms with E-state index in [1.165, 1.54) is 0 Å². The first kappa shape index (κ1) is 52.4. The minimum Gasteiger partial charge on any atom is -0.491 e. The Bertz CT molecular complexity index is 2570. The Morgan fingerprint density at radius 1 is 0.773 bits per heavy atom. The zero-order chi connectivity index (χ0) is 46.1. The molecule has 2 heterocycles. The third kappa shape index (κ3) is 16.6. The van der Waals surface area contributed by atoms with Crippen molar-refractivity contribution in [2.75, 3.05) is 53.5 Å². The molecule has 18 heteroatoms. The van der Waals surface area contributed by atoms with Gasteiger partial charge in [0.25, 0.3) is 0 Å². The predicted octanol–water partition coefficient (Wildman–Crippen LogP) is 9.89. The highest BCUT2D eigenvalue weighted by molar-refractivity contribution is 5.99. The minimum atomic E-state index is -1.14. The van der Waals surface area contributed by atoms with Gasteiger partial charge in [-0.2, -0.15) is 15.2 Å². The molecule has 0 aliphatic rings. The molecule has 0 aliphatic heterocycles. The lowest BCUT2D eigenvalue weighted by molar-refractivity contribution is -0.111. The summed E-state index contributed by atoms with van der Waals surface area (Å²) in [5.74, 6) is -0.0343. The number of benzene rings is 4. The summed E-state index contributed by atoms with van der Waals surface area (Å²) in [6.07, 6.45) is 2.13. The van der Waals surface area contributed by atoms with Gasteiger partial charge in [0.1, 0.15) is 30.8 Å². The number of ether oxygens (including phenoxy) is 3. The highest BCUT2D eigenvalue weighted by Gasteiger charge is 2.15. The number of nitrogens with zero attached hydrogens (tertiary/aromatic N) is 5. The molecule has 1 amide bonds. The summed E-state index contributed by atoms with van der Waals surface area (Å²) in [5.41, 5.74) is 2.43. The maximum absolute atomic E-state index is 14.3. The van der Waals surface area contributed by atoms with E-state index >= 15 is 0 Å². The second-order valence-corrected chi connectivity index (χ2v) is 14.2. The van der Waals surface area contributed by atoms with Crippen LogP contribution in [-0.2, 0) is 9.53 Å². The van der Waals surface area contributed by atoms with E-state index in [0.29, 0.717) is 58.7 Å².